The highest BCUT2D eigenvalue weighted by Crippen LogP contribution is 2.31. The fourth-order valence-corrected chi connectivity index (χ4v) is 4.78. The van der Waals surface area contributed by atoms with Crippen molar-refractivity contribution in [1.29, 1.82) is 5.26 Å². The van der Waals surface area contributed by atoms with Crippen LogP contribution in [0.4, 0.5) is 0 Å². The molecule has 1 aromatic carbocycles. The van der Waals surface area contributed by atoms with Crippen LogP contribution in [0.15, 0.2) is 50.0 Å². The Morgan fingerprint density at radius 3 is 2.47 bits per heavy atom. The Morgan fingerprint density at radius 2 is 1.88 bits per heavy atom. The largest absolute Gasteiger partial charge is 0.218 e. The number of benzene rings is 1. The highest BCUT2D eigenvalue weighted by molar-refractivity contribution is 9.10. The summed E-state index contributed by atoms with van der Waals surface area (Å²) >= 11 is 4.19. The summed E-state index contributed by atoms with van der Waals surface area (Å²) < 4.78 is 25.2. The Bertz CT molecular complexity index is 698. The quantitative estimate of drug-likeness (QED) is 0.850. The van der Waals surface area contributed by atoms with Crippen LogP contribution in [0.5, 0.6) is 0 Å². The first-order chi connectivity index (χ1) is 8.05. The summed E-state index contributed by atoms with van der Waals surface area (Å²) in [5.74, 6) is 0. The van der Waals surface area contributed by atoms with Gasteiger partial charge in [-0.2, -0.15) is 5.26 Å². The monoisotopic (exact) mass is 327 g/mol. The van der Waals surface area contributed by atoms with Gasteiger partial charge in [-0.05, 0) is 40.2 Å². The molecule has 17 heavy (non-hydrogen) atoms. The summed E-state index contributed by atoms with van der Waals surface area (Å²) in [6.45, 7) is 0. The van der Waals surface area contributed by atoms with Crippen LogP contribution in [0.2, 0.25) is 0 Å². The van der Waals surface area contributed by atoms with Crippen LogP contribution in [-0.4, -0.2) is 8.42 Å². The normalized spacial score (nSPS) is 11.1. The lowest BCUT2D eigenvalue weighted by Crippen LogP contribution is -2.00. The molecule has 0 radical (unpaired) electrons. The first-order valence-electron chi connectivity index (χ1n) is 4.55. The van der Waals surface area contributed by atoms with E-state index in [1.807, 2.05) is 6.07 Å². The third-order valence-electron chi connectivity index (χ3n) is 2.08. The molecular weight excluding hydrogens is 322 g/mol. The van der Waals surface area contributed by atoms with E-state index >= 15 is 0 Å². The molecule has 2 aromatic rings. The summed E-state index contributed by atoms with van der Waals surface area (Å²) in [5, 5.41) is 8.70. The van der Waals surface area contributed by atoms with Crippen molar-refractivity contribution < 1.29 is 8.42 Å². The molecule has 0 N–H and O–H groups in total. The summed E-state index contributed by atoms with van der Waals surface area (Å²) in [6, 6.07) is 11.5. The SMILES string of the molecule is N#Cc1ccc(S(=O)(=O)c2ccccc2Br)s1. The fraction of sp³-hybridized carbons (Fsp3) is 0. The molecule has 0 aliphatic carbocycles. The second kappa shape index (κ2) is 4.61. The minimum atomic E-state index is -3.54. The van der Waals surface area contributed by atoms with Crippen molar-refractivity contribution in [1.82, 2.24) is 0 Å². The molecule has 0 amide bonds. The van der Waals surface area contributed by atoms with Crippen molar-refractivity contribution in [3.8, 4) is 6.07 Å². The standard InChI is InChI=1S/C11H6BrNO2S2/c12-9-3-1-2-4-10(9)17(14,15)11-6-5-8(7-13)16-11/h1-6H. The van der Waals surface area contributed by atoms with E-state index in [9.17, 15) is 8.42 Å². The van der Waals surface area contributed by atoms with Crippen molar-refractivity contribution in [2.75, 3.05) is 0 Å². The Balaban J connectivity index is 2.59. The smallest absolute Gasteiger partial charge is 0.217 e. The van der Waals surface area contributed by atoms with Crippen LogP contribution in [0, 0.1) is 11.3 Å². The van der Waals surface area contributed by atoms with Crippen LogP contribution >= 0.6 is 27.3 Å². The number of thiophene rings is 1. The maximum atomic E-state index is 12.3. The van der Waals surface area contributed by atoms with E-state index in [4.69, 9.17) is 5.26 Å². The molecule has 0 aliphatic rings. The van der Waals surface area contributed by atoms with Gasteiger partial charge in [0.05, 0.1) is 4.90 Å². The number of halogens is 1. The molecular formula is C11H6BrNO2S2. The number of nitrogens with zero attached hydrogens (tertiary/aromatic N) is 1. The van der Waals surface area contributed by atoms with E-state index in [0.29, 0.717) is 9.35 Å². The van der Waals surface area contributed by atoms with Gasteiger partial charge in [0.25, 0.3) is 0 Å². The van der Waals surface area contributed by atoms with Crippen molar-refractivity contribution in [3.05, 3.63) is 45.7 Å². The van der Waals surface area contributed by atoms with Crippen molar-refractivity contribution in [3.63, 3.8) is 0 Å². The molecule has 0 unspecified atom stereocenters. The Hall–Kier alpha value is -1.16. The van der Waals surface area contributed by atoms with Gasteiger partial charge in [0, 0.05) is 4.47 Å². The molecule has 0 saturated heterocycles. The van der Waals surface area contributed by atoms with E-state index in [2.05, 4.69) is 15.9 Å². The molecule has 0 aliphatic heterocycles. The molecule has 1 aromatic heterocycles. The molecule has 3 nitrogen and oxygen atoms in total. The molecule has 0 spiro atoms. The van der Waals surface area contributed by atoms with Crippen LogP contribution in [0.25, 0.3) is 0 Å². The molecule has 0 saturated carbocycles. The van der Waals surface area contributed by atoms with Crippen LogP contribution in [0.1, 0.15) is 4.88 Å². The third kappa shape index (κ3) is 2.27. The third-order valence-corrected chi connectivity index (χ3v) is 6.33. The molecule has 0 atom stereocenters. The molecule has 1 heterocycles. The van der Waals surface area contributed by atoms with Gasteiger partial charge in [-0.1, -0.05) is 12.1 Å². The first kappa shape index (κ1) is 12.3. The maximum absolute atomic E-state index is 12.3. The fourth-order valence-electron chi connectivity index (χ4n) is 1.30. The predicted molar refractivity (Wildman–Crippen MR) is 68.6 cm³/mol. The maximum Gasteiger partial charge on any atom is 0.217 e. The van der Waals surface area contributed by atoms with Crippen molar-refractivity contribution >= 4 is 37.1 Å². The Morgan fingerprint density at radius 1 is 1.18 bits per heavy atom. The van der Waals surface area contributed by atoms with Crippen LogP contribution < -0.4 is 0 Å². The number of hydrogen-bond acceptors (Lipinski definition) is 4. The summed E-state index contributed by atoms with van der Waals surface area (Å²) in [5.41, 5.74) is 0. The van der Waals surface area contributed by atoms with Gasteiger partial charge in [-0.25, -0.2) is 8.42 Å². The van der Waals surface area contributed by atoms with Crippen LogP contribution in [0.3, 0.4) is 0 Å². The average Bonchev–Trinajstić information content (AvgIpc) is 2.78. The van der Waals surface area contributed by atoms with Crippen molar-refractivity contribution in [2.24, 2.45) is 0 Å². The van der Waals surface area contributed by atoms with E-state index in [1.165, 1.54) is 18.2 Å². The predicted octanol–water partition coefficient (Wildman–Crippen LogP) is 3.22. The highest BCUT2D eigenvalue weighted by atomic mass is 79.9. The zero-order valence-corrected chi connectivity index (χ0v) is 11.6. The Labute approximate surface area is 111 Å². The molecule has 6 heteroatoms. The minimum Gasteiger partial charge on any atom is -0.218 e. The summed E-state index contributed by atoms with van der Waals surface area (Å²) in [7, 11) is -3.54. The lowest BCUT2D eigenvalue weighted by atomic mass is 10.4. The second-order valence-corrected chi connectivity index (χ2v) is 7.25. The molecule has 2 rings (SSSR count). The zero-order chi connectivity index (χ0) is 12.5. The van der Waals surface area contributed by atoms with E-state index in [1.54, 1.807) is 18.2 Å². The molecule has 0 bridgehead atoms. The second-order valence-electron chi connectivity index (χ2n) is 3.16. The number of rotatable bonds is 2. The first-order valence-corrected chi connectivity index (χ1v) is 7.64. The lowest BCUT2D eigenvalue weighted by Gasteiger charge is -2.03. The van der Waals surface area contributed by atoms with Gasteiger partial charge in [-0.15, -0.1) is 11.3 Å². The highest BCUT2D eigenvalue weighted by Gasteiger charge is 2.22. The number of hydrogen-bond donors (Lipinski definition) is 0. The molecule has 86 valence electrons. The van der Waals surface area contributed by atoms with E-state index in [-0.39, 0.29) is 9.10 Å². The molecule has 0 fully saturated rings. The zero-order valence-electron chi connectivity index (χ0n) is 8.42. The lowest BCUT2D eigenvalue weighted by molar-refractivity contribution is 0.597. The topological polar surface area (TPSA) is 57.9 Å². The van der Waals surface area contributed by atoms with E-state index < -0.39 is 9.84 Å². The van der Waals surface area contributed by atoms with Gasteiger partial charge in [0.2, 0.25) is 9.84 Å². The van der Waals surface area contributed by atoms with Gasteiger partial charge < -0.3 is 0 Å². The number of sulfone groups is 1. The average molecular weight is 328 g/mol. The van der Waals surface area contributed by atoms with Gasteiger partial charge >= 0.3 is 0 Å². The summed E-state index contributed by atoms with van der Waals surface area (Å²) in [6.07, 6.45) is 0. The van der Waals surface area contributed by atoms with Crippen molar-refractivity contribution in [2.45, 2.75) is 9.10 Å². The Kier molecular flexibility index (Phi) is 3.33. The summed E-state index contributed by atoms with van der Waals surface area (Å²) in [4.78, 5) is 0.599. The van der Waals surface area contributed by atoms with Gasteiger partial charge in [-0.3, -0.25) is 0 Å². The number of nitriles is 1. The minimum absolute atomic E-state index is 0.181. The van der Waals surface area contributed by atoms with Gasteiger partial charge in [0.1, 0.15) is 15.2 Å². The van der Waals surface area contributed by atoms with Gasteiger partial charge in [0.15, 0.2) is 0 Å². The van der Waals surface area contributed by atoms with E-state index in [0.717, 1.165) is 11.3 Å². The van der Waals surface area contributed by atoms with Crippen LogP contribution in [-0.2, 0) is 9.84 Å².